The van der Waals surface area contributed by atoms with Crippen LogP contribution in [-0.4, -0.2) is 40.3 Å². The van der Waals surface area contributed by atoms with Crippen molar-refractivity contribution in [1.29, 1.82) is 0 Å². The molecule has 5 nitrogen and oxygen atoms in total. The zero-order valence-electron chi connectivity index (χ0n) is 14.3. The molecule has 0 spiro atoms. The van der Waals surface area contributed by atoms with Crippen LogP contribution in [0.25, 0.3) is 0 Å². The number of morpholine rings is 1. The molecule has 1 aliphatic rings. The Morgan fingerprint density at radius 1 is 1.12 bits per heavy atom. The van der Waals surface area contributed by atoms with Crippen LogP contribution in [0.3, 0.4) is 0 Å². The first-order valence-corrected chi connectivity index (χ1v) is 9.75. The SMILES string of the molecule is Cc1ccc(S(=O)(=O)OCC2(Cc3ccccc3)CNCCO2)cc1. The van der Waals surface area contributed by atoms with Gasteiger partial charge in [0.1, 0.15) is 5.60 Å². The van der Waals surface area contributed by atoms with Crippen molar-refractivity contribution in [3.8, 4) is 0 Å². The first kappa shape index (κ1) is 18.1. The molecule has 1 unspecified atom stereocenters. The Hall–Kier alpha value is -1.73. The van der Waals surface area contributed by atoms with Gasteiger partial charge < -0.3 is 10.1 Å². The monoisotopic (exact) mass is 361 g/mol. The second-order valence-corrected chi connectivity index (χ2v) is 8.02. The van der Waals surface area contributed by atoms with E-state index in [2.05, 4.69) is 5.32 Å². The van der Waals surface area contributed by atoms with Gasteiger partial charge >= 0.3 is 0 Å². The Labute approximate surface area is 149 Å². The third kappa shape index (κ3) is 4.67. The summed E-state index contributed by atoms with van der Waals surface area (Å²) in [7, 11) is -3.81. The van der Waals surface area contributed by atoms with Gasteiger partial charge in [-0.3, -0.25) is 4.18 Å². The molecule has 1 heterocycles. The van der Waals surface area contributed by atoms with E-state index in [1.54, 1.807) is 24.3 Å². The van der Waals surface area contributed by atoms with Crippen LogP contribution in [0.1, 0.15) is 11.1 Å². The van der Waals surface area contributed by atoms with Crippen LogP contribution in [0.5, 0.6) is 0 Å². The summed E-state index contributed by atoms with van der Waals surface area (Å²) in [6.45, 7) is 3.71. The lowest BCUT2D eigenvalue weighted by atomic mass is 9.94. The summed E-state index contributed by atoms with van der Waals surface area (Å²) in [5.41, 5.74) is 1.39. The molecule has 2 aromatic rings. The quantitative estimate of drug-likeness (QED) is 0.800. The van der Waals surface area contributed by atoms with Gasteiger partial charge in [0.15, 0.2) is 0 Å². The van der Waals surface area contributed by atoms with Crippen molar-refractivity contribution in [3.63, 3.8) is 0 Å². The lowest BCUT2D eigenvalue weighted by Gasteiger charge is -2.37. The molecular formula is C19H23NO4S. The fourth-order valence-corrected chi connectivity index (χ4v) is 3.87. The molecule has 0 bridgehead atoms. The van der Waals surface area contributed by atoms with Gasteiger partial charge in [-0.05, 0) is 24.6 Å². The minimum atomic E-state index is -3.81. The van der Waals surface area contributed by atoms with E-state index in [9.17, 15) is 8.42 Å². The van der Waals surface area contributed by atoms with Crippen LogP contribution in [0, 0.1) is 6.92 Å². The summed E-state index contributed by atoms with van der Waals surface area (Å²) in [4.78, 5) is 0.164. The van der Waals surface area contributed by atoms with Gasteiger partial charge in [0, 0.05) is 19.5 Å². The van der Waals surface area contributed by atoms with Crippen molar-refractivity contribution in [2.45, 2.75) is 23.8 Å². The molecule has 0 radical (unpaired) electrons. The van der Waals surface area contributed by atoms with E-state index in [1.807, 2.05) is 37.3 Å². The van der Waals surface area contributed by atoms with Crippen molar-refractivity contribution in [3.05, 3.63) is 65.7 Å². The largest absolute Gasteiger partial charge is 0.370 e. The van der Waals surface area contributed by atoms with Gasteiger partial charge in [0.05, 0.1) is 18.1 Å². The third-order valence-corrected chi connectivity index (χ3v) is 5.57. The van der Waals surface area contributed by atoms with Gasteiger partial charge in [-0.25, -0.2) is 0 Å². The number of nitrogens with one attached hydrogen (secondary N) is 1. The summed E-state index contributed by atoms with van der Waals surface area (Å²) in [6, 6.07) is 16.5. The normalized spacial score (nSPS) is 21.2. The predicted octanol–water partition coefficient (Wildman–Crippen LogP) is 2.30. The molecule has 2 aromatic carbocycles. The summed E-state index contributed by atoms with van der Waals surface area (Å²) in [5, 5.41) is 3.28. The summed E-state index contributed by atoms with van der Waals surface area (Å²) >= 11 is 0. The number of ether oxygens (including phenoxy) is 1. The maximum atomic E-state index is 12.5. The number of rotatable bonds is 6. The van der Waals surface area contributed by atoms with Crippen molar-refractivity contribution in [1.82, 2.24) is 5.32 Å². The van der Waals surface area contributed by atoms with Crippen LogP contribution in [0.15, 0.2) is 59.5 Å². The van der Waals surface area contributed by atoms with Crippen molar-refractivity contribution >= 4 is 10.1 Å². The molecule has 6 heteroatoms. The maximum absolute atomic E-state index is 12.5. The highest BCUT2D eigenvalue weighted by Gasteiger charge is 2.36. The van der Waals surface area contributed by atoms with Crippen LogP contribution in [-0.2, 0) is 25.5 Å². The highest BCUT2D eigenvalue weighted by Crippen LogP contribution is 2.23. The van der Waals surface area contributed by atoms with E-state index >= 15 is 0 Å². The first-order chi connectivity index (χ1) is 12.0. The molecule has 0 saturated carbocycles. The van der Waals surface area contributed by atoms with E-state index in [1.165, 1.54) is 0 Å². The number of hydrogen-bond donors (Lipinski definition) is 1. The molecular weight excluding hydrogens is 338 g/mol. The van der Waals surface area contributed by atoms with E-state index in [4.69, 9.17) is 8.92 Å². The molecule has 3 rings (SSSR count). The topological polar surface area (TPSA) is 64.6 Å². The van der Waals surface area contributed by atoms with Crippen LogP contribution in [0.2, 0.25) is 0 Å². The van der Waals surface area contributed by atoms with Crippen LogP contribution < -0.4 is 5.32 Å². The molecule has 0 aliphatic carbocycles. The standard InChI is InChI=1S/C19H23NO4S/c1-16-7-9-18(10-8-16)25(21,22)24-15-19(14-20-11-12-23-19)13-17-5-3-2-4-6-17/h2-10,20H,11-15H2,1H3. The highest BCUT2D eigenvalue weighted by atomic mass is 32.2. The second kappa shape index (κ2) is 7.66. The molecule has 1 fully saturated rings. The summed E-state index contributed by atoms with van der Waals surface area (Å²) in [5.74, 6) is 0. The zero-order chi connectivity index (χ0) is 17.8. The zero-order valence-corrected chi connectivity index (χ0v) is 15.1. The third-order valence-electron chi connectivity index (χ3n) is 4.29. The Kier molecular flexibility index (Phi) is 5.54. The van der Waals surface area contributed by atoms with Crippen molar-refractivity contribution in [2.24, 2.45) is 0 Å². The lowest BCUT2D eigenvalue weighted by molar-refractivity contribution is -0.0886. The number of benzene rings is 2. The average molecular weight is 361 g/mol. The Bertz CT molecular complexity index is 782. The first-order valence-electron chi connectivity index (χ1n) is 8.34. The van der Waals surface area contributed by atoms with E-state index in [0.717, 1.165) is 17.7 Å². The highest BCUT2D eigenvalue weighted by molar-refractivity contribution is 7.86. The van der Waals surface area contributed by atoms with Gasteiger partial charge in [0.25, 0.3) is 10.1 Å². The Balaban J connectivity index is 1.75. The van der Waals surface area contributed by atoms with Gasteiger partial charge in [-0.1, -0.05) is 48.0 Å². The second-order valence-electron chi connectivity index (χ2n) is 6.40. The van der Waals surface area contributed by atoms with Gasteiger partial charge in [0.2, 0.25) is 0 Å². The van der Waals surface area contributed by atoms with Crippen LogP contribution >= 0.6 is 0 Å². The molecule has 25 heavy (non-hydrogen) atoms. The van der Waals surface area contributed by atoms with E-state index in [-0.39, 0.29) is 11.5 Å². The van der Waals surface area contributed by atoms with Crippen LogP contribution in [0.4, 0.5) is 0 Å². The molecule has 1 saturated heterocycles. The lowest BCUT2D eigenvalue weighted by Crippen LogP contribution is -2.54. The number of hydrogen-bond acceptors (Lipinski definition) is 5. The van der Waals surface area contributed by atoms with Crippen molar-refractivity contribution < 1.29 is 17.3 Å². The summed E-state index contributed by atoms with van der Waals surface area (Å²) in [6.07, 6.45) is 0.588. The summed E-state index contributed by atoms with van der Waals surface area (Å²) < 4.78 is 36.3. The Morgan fingerprint density at radius 3 is 2.48 bits per heavy atom. The Morgan fingerprint density at radius 2 is 1.84 bits per heavy atom. The minimum Gasteiger partial charge on any atom is -0.370 e. The smallest absolute Gasteiger partial charge is 0.297 e. The molecule has 1 aliphatic heterocycles. The van der Waals surface area contributed by atoms with Gasteiger partial charge in [-0.2, -0.15) is 8.42 Å². The van der Waals surface area contributed by atoms with Crippen molar-refractivity contribution in [2.75, 3.05) is 26.3 Å². The van der Waals surface area contributed by atoms with E-state index in [0.29, 0.717) is 19.6 Å². The minimum absolute atomic E-state index is 0.0227. The fraction of sp³-hybridized carbons (Fsp3) is 0.368. The molecule has 0 aromatic heterocycles. The maximum Gasteiger partial charge on any atom is 0.297 e. The fourth-order valence-electron chi connectivity index (χ4n) is 2.89. The van der Waals surface area contributed by atoms with E-state index < -0.39 is 15.7 Å². The molecule has 1 N–H and O–H groups in total. The predicted molar refractivity (Wildman–Crippen MR) is 96.0 cm³/mol. The van der Waals surface area contributed by atoms with Gasteiger partial charge in [-0.15, -0.1) is 0 Å². The molecule has 1 atom stereocenters. The number of aryl methyl sites for hydroxylation is 1. The average Bonchev–Trinajstić information content (AvgIpc) is 2.62. The molecule has 0 amide bonds. The molecule has 134 valence electrons.